The van der Waals surface area contributed by atoms with Gasteiger partial charge < -0.3 is 10.6 Å². The fourth-order valence-electron chi connectivity index (χ4n) is 1.56. The molecule has 0 fully saturated rings. The minimum absolute atomic E-state index is 0. The number of nitrogens with one attached hydrogen (secondary N) is 2. The lowest BCUT2D eigenvalue weighted by atomic mass is 10.1. The second-order valence-corrected chi connectivity index (χ2v) is 6.02. The van der Waals surface area contributed by atoms with E-state index >= 15 is 0 Å². The number of nitrogens with zero attached hydrogens (tertiary/aromatic N) is 1. The highest BCUT2D eigenvalue weighted by atomic mass is 127. The number of hydrogen-bond donors (Lipinski definition) is 2. The third kappa shape index (κ3) is 8.21. The molecule has 0 heterocycles. The van der Waals surface area contributed by atoms with Crippen molar-refractivity contribution in [2.45, 2.75) is 18.6 Å². The summed E-state index contributed by atoms with van der Waals surface area (Å²) < 4.78 is 0. The molecule has 0 aromatic heterocycles. The Balaban J connectivity index is 0.00000361. The van der Waals surface area contributed by atoms with Crippen LogP contribution in [0, 0.1) is 0 Å². The first-order valence-corrected chi connectivity index (χ1v) is 8.04. The summed E-state index contributed by atoms with van der Waals surface area (Å²) in [7, 11) is 1.79. The van der Waals surface area contributed by atoms with Gasteiger partial charge in [0, 0.05) is 30.4 Å². The summed E-state index contributed by atoms with van der Waals surface area (Å²) in [6.45, 7) is 3.95. The van der Waals surface area contributed by atoms with E-state index in [1.807, 2.05) is 30.0 Å². The lowest BCUT2D eigenvalue weighted by Crippen LogP contribution is -2.40. The minimum Gasteiger partial charge on any atom is -0.356 e. The van der Waals surface area contributed by atoms with Gasteiger partial charge in [0.05, 0.1) is 0 Å². The zero-order valence-corrected chi connectivity index (χ0v) is 16.1. The molecule has 1 aromatic rings. The van der Waals surface area contributed by atoms with Crippen LogP contribution in [0.5, 0.6) is 0 Å². The molecule has 2 N–H and O–H groups in total. The second-order valence-electron chi connectivity index (χ2n) is 4.31. The summed E-state index contributed by atoms with van der Waals surface area (Å²) in [4.78, 5) is 4.20. The molecule has 0 bridgehead atoms. The van der Waals surface area contributed by atoms with Gasteiger partial charge in [0.2, 0.25) is 0 Å². The summed E-state index contributed by atoms with van der Waals surface area (Å²) in [5.41, 5.74) is 1.23. The molecular formula is C14H23ClIN3S. The highest BCUT2D eigenvalue weighted by molar-refractivity contribution is 14.0. The van der Waals surface area contributed by atoms with E-state index in [9.17, 15) is 0 Å². The lowest BCUT2D eigenvalue weighted by Gasteiger charge is -2.14. The van der Waals surface area contributed by atoms with Gasteiger partial charge in [-0.3, -0.25) is 4.99 Å². The third-order valence-electron chi connectivity index (χ3n) is 2.78. The van der Waals surface area contributed by atoms with E-state index in [1.54, 1.807) is 7.05 Å². The Hall–Kier alpha value is -0.140. The SMILES string of the molecule is CN=C(NCCc1cccc(Cl)c1)NCC(C)SC.I. The van der Waals surface area contributed by atoms with Gasteiger partial charge in [-0.1, -0.05) is 30.7 Å². The molecule has 0 aliphatic heterocycles. The first kappa shape index (κ1) is 19.9. The van der Waals surface area contributed by atoms with E-state index in [0.29, 0.717) is 5.25 Å². The van der Waals surface area contributed by atoms with Crippen LogP contribution in [-0.4, -0.2) is 37.6 Å². The van der Waals surface area contributed by atoms with Crippen LogP contribution in [0.25, 0.3) is 0 Å². The van der Waals surface area contributed by atoms with Gasteiger partial charge in [0.15, 0.2) is 5.96 Å². The Morgan fingerprint density at radius 1 is 1.40 bits per heavy atom. The van der Waals surface area contributed by atoms with E-state index in [-0.39, 0.29) is 24.0 Å². The summed E-state index contributed by atoms with van der Waals surface area (Å²) >= 11 is 7.79. The van der Waals surface area contributed by atoms with E-state index in [1.165, 1.54) is 5.56 Å². The fraction of sp³-hybridized carbons (Fsp3) is 0.500. The Morgan fingerprint density at radius 3 is 2.75 bits per heavy atom. The standard InChI is InChI=1S/C14H22ClN3S.HI/c1-11(19-3)10-18-14(16-2)17-8-7-12-5-4-6-13(15)9-12;/h4-6,9,11H,7-8,10H2,1-3H3,(H2,16,17,18);1H. The molecule has 0 amide bonds. The highest BCUT2D eigenvalue weighted by Crippen LogP contribution is 2.10. The number of guanidine groups is 1. The Morgan fingerprint density at radius 2 is 2.15 bits per heavy atom. The van der Waals surface area contributed by atoms with Crippen molar-refractivity contribution < 1.29 is 0 Å². The van der Waals surface area contributed by atoms with Crippen LogP contribution < -0.4 is 10.6 Å². The molecule has 0 aliphatic rings. The Kier molecular flexibility index (Phi) is 11.4. The van der Waals surface area contributed by atoms with Crippen LogP contribution in [-0.2, 0) is 6.42 Å². The van der Waals surface area contributed by atoms with Gasteiger partial charge in [-0.2, -0.15) is 11.8 Å². The van der Waals surface area contributed by atoms with Crippen LogP contribution in [0.3, 0.4) is 0 Å². The topological polar surface area (TPSA) is 36.4 Å². The van der Waals surface area contributed by atoms with Crippen molar-refractivity contribution in [2.75, 3.05) is 26.4 Å². The van der Waals surface area contributed by atoms with Crippen LogP contribution >= 0.6 is 47.3 Å². The molecular weight excluding hydrogens is 405 g/mol. The third-order valence-corrected chi connectivity index (χ3v) is 3.98. The molecule has 20 heavy (non-hydrogen) atoms. The maximum Gasteiger partial charge on any atom is 0.191 e. The Bertz CT molecular complexity index is 415. The van der Waals surface area contributed by atoms with Crippen LogP contribution in [0.2, 0.25) is 5.02 Å². The predicted molar refractivity (Wildman–Crippen MR) is 103 cm³/mol. The molecule has 1 aromatic carbocycles. The van der Waals surface area contributed by atoms with Gasteiger partial charge in [-0.25, -0.2) is 0 Å². The van der Waals surface area contributed by atoms with E-state index < -0.39 is 0 Å². The molecule has 0 saturated carbocycles. The van der Waals surface area contributed by atoms with Crippen LogP contribution in [0.4, 0.5) is 0 Å². The van der Waals surface area contributed by atoms with Crippen molar-refractivity contribution in [1.29, 1.82) is 0 Å². The van der Waals surface area contributed by atoms with Gasteiger partial charge in [0.25, 0.3) is 0 Å². The summed E-state index contributed by atoms with van der Waals surface area (Å²) in [6.07, 6.45) is 3.04. The number of aliphatic imine (C=N–C) groups is 1. The average molecular weight is 428 g/mol. The summed E-state index contributed by atoms with van der Waals surface area (Å²) in [6, 6.07) is 7.95. The largest absolute Gasteiger partial charge is 0.356 e. The molecule has 3 nitrogen and oxygen atoms in total. The molecule has 0 aliphatic carbocycles. The lowest BCUT2D eigenvalue weighted by molar-refractivity contribution is 0.781. The molecule has 1 unspecified atom stereocenters. The van der Waals surface area contributed by atoms with E-state index in [2.05, 4.69) is 34.9 Å². The zero-order valence-electron chi connectivity index (χ0n) is 12.1. The molecule has 6 heteroatoms. The first-order valence-electron chi connectivity index (χ1n) is 6.37. The highest BCUT2D eigenvalue weighted by Gasteiger charge is 2.02. The number of benzene rings is 1. The molecule has 114 valence electrons. The molecule has 1 atom stereocenters. The molecule has 1 rings (SSSR count). The monoisotopic (exact) mass is 427 g/mol. The number of halogens is 2. The smallest absolute Gasteiger partial charge is 0.191 e. The first-order chi connectivity index (χ1) is 9.15. The number of thioether (sulfide) groups is 1. The number of rotatable bonds is 6. The predicted octanol–water partition coefficient (Wildman–Crippen LogP) is 3.42. The molecule has 0 radical (unpaired) electrons. The zero-order chi connectivity index (χ0) is 14.1. The van der Waals surface area contributed by atoms with Gasteiger partial charge in [-0.05, 0) is 30.4 Å². The maximum atomic E-state index is 5.96. The minimum atomic E-state index is 0. The maximum absolute atomic E-state index is 5.96. The van der Waals surface area contributed by atoms with Gasteiger partial charge >= 0.3 is 0 Å². The van der Waals surface area contributed by atoms with Crippen molar-refractivity contribution in [1.82, 2.24) is 10.6 Å². The van der Waals surface area contributed by atoms with Crippen molar-refractivity contribution in [3.05, 3.63) is 34.9 Å². The van der Waals surface area contributed by atoms with Crippen LogP contribution in [0.1, 0.15) is 12.5 Å². The molecule has 0 saturated heterocycles. The summed E-state index contributed by atoms with van der Waals surface area (Å²) in [5.74, 6) is 0.850. The van der Waals surface area contributed by atoms with Crippen LogP contribution in [0.15, 0.2) is 29.3 Å². The molecule has 0 spiro atoms. The van der Waals surface area contributed by atoms with Crippen molar-refractivity contribution in [2.24, 2.45) is 4.99 Å². The Labute approximate surface area is 148 Å². The van der Waals surface area contributed by atoms with Gasteiger partial charge in [0.1, 0.15) is 0 Å². The van der Waals surface area contributed by atoms with E-state index in [0.717, 1.165) is 30.5 Å². The number of hydrogen-bond acceptors (Lipinski definition) is 2. The summed E-state index contributed by atoms with van der Waals surface area (Å²) in [5, 5.41) is 7.97. The quantitative estimate of drug-likeness (QED) is 0.415. The van der Waals surface area contributed by atoms with Crippen molar-refractivity contribution in [3.8, 4) is 0 Å². The average Bonchev–Trinajstić information content (AvgIpc) is 2.42. The fourth-order valence-corrected chi connectivity index (χ4v) is 2.02. The van der Waals surface area contributed by atoms with Gasteiger partial charge in [-0.15, -0.1) is 24.0 Å². The van der Waals surface area contributed by atoms with Crippen molar-refractivity contribution >= 4 is 53.3 Å². The van der Waals surface area contributed by atoms with Crippen molar-refractivity contribution in [3.63, 3.8) is 0 Å². The van der Waals surface area contributed by atoms with E-state index in [4.69, 9.17) is 11.6 Å². The normalized spacial score (nSPS) is 12.5. The second kappa shape index (κ2) is 11.5.